The van der Waals surface area contributed by atoms with Gasteiger partial charge in [-0.1, -0.05) is 18.2 Å². The molecule has 0 unspecified atom stereocenters. The van der Waals surface area contributed by atoms with Gasteiger partial charge in [0.25, 0.3) is 0 Å². The summed E-state index contributed by atoms with van der Waals surface area (Å²) in [6.07, 6.45) is 4.32. The molecule has 2 aliphatic carbocycles. The molecule has 2 saturated heterocycles. The summed E-state index contributed by atoms with van der Waals surface area (Å²) in [7, 11) is -3.03. The predicted octanol–water partition coefficient (Wildman–Crippen LogP) is 1.14. The van der Waals surface area contributed by atoms with Crippen LogP contribution in [-0.2, 0) is 19.4 Å². The van der Waals surface area contributed by atoms with Gasteiger partial charge in [0.1, 0.15) is 0 Å². The number of hydrogen-bond donors (Lipinski definition) is 1. The van der Waals surface area contributed by atoms with Gasteiger partial charge in [-0.2, -0.15) is 4.99 Å². The summed E-state index contributed by atoms with van der Waals surface area (Å²) in [6.45, 7) is 0. The molecule has 1 N–H and O–H groups in total. The fraction of sp³-hybridized carbons (Fsp3) is 0.812. The van der Waals surface area contributed by atoms with Crippen molar-refractivity contribution in [2.45, 2.75) is 55.9 Å². The van der Waals surface area contributed by atoms with Crippen molar-refractivity contribution in [1.29, 1.82) is 0 Å². The fourth-order valence-electron chi connectivity index (χ4n) is 4.91. The Bertz CT molecular complexity index is 735. The van der Waals surface area contributed by atoms with Gasteiger partial charge >= 0.3 is 5.97 Å². The van der Waals surface area contributed by atoms with Crippen molar-refractivity contribution in [3.63, 3.8) is 0 Å². The third-order valence-corrected chi connectivity index (χ3v) is 9.16. The smallest absolute Gasteiger partial charge is 0.303 e. The van der Waals surface area contributed by atoms with Crippen molar-refractivity contribution in [2.75, 3.05) is 11.5 Å². The van der Waals surface area contributed by atoms with Gasteiger partial charge in [-0.15, -0.1) is 0 Å². The molecule has 7 nitrogen and oxygen atoms in total. The van der Waals surface area contributed by atoms with E-state index >= 15 is 0 Å². The van der Waals surface area contributed by atoms with Crippen molar-refractivity contribution >= 4 is 38.6 Å². The molecule has 0 aromatic heterocycles. The number of fused-ring (bicyclic) bond motifs is 3. The number of sulfone groups is 1. The van der Waals surface area contributed by atoms with Crippen LogP contribution in [0.25, 0.3) is 0 Å². The Balaban J connectivity index is 1.57. The Morgan fingerprint density at radius 3 is 2.60 bits per heavy atom. The number of aliphatic carboxylic acids is 1. The van der Waals surface area contributed by atoms with Crippen LogP contribution < -0.4 is 0 Å². The highest BCUT2D eigenvalue weighted by atomic mass is 32.2. The molecule has 2 bridgehead atoms. The second-order valence-corrected chi connectivity index (χ2v) is 11.0. The zero-order valence-electron chi connectivity index (χ0n) is 13.8. The Kier molecular flexibility index (Phi) is 4.34. The summed E-state index contributed by atoms with van der Waals surface area (Å²) in [4.78, 5) is 29.0. The summed E-state index contributed by atoms with van der Waals surface area (Å²) in [5.41, 5.74) is 0. The Morgan fingerprint density at radius 2 is 1.96 bits per heavy atom. The second-order valence-electron chi connectivity index (χ2n) is 7.63. The van der Waals surface area contributed by atoms with Crippen LogP contribution in [0.2, 0.25) is 0 Å². The SMILES string of the molecule is O=C(O)CCC(=O)N=C1S[C@@H]2CS(=O)(=O)C[C@H]2N1[C@@H]1C[C@H]2CC[C@H]1C2. The van der Waals surface area contributed by atoms with Gasteiger partial charge in [-0.05, 0) is 31.1 Å². The Morgan fingerprint density at radius 1 is 1.16 bits per heavy atom. The molecule has 4 fully saturated rings. The molecule has 0 radical (unpaired) electrons. The summed E-state index contributed by atoms with van der Waals surface area (Å²) >= 11 is 1.40. The lowest BCUT2D eigenvalue weighted by molar-refractivity contribution is -0.138. The number of carboxylic acid groups (broad SMARTS) is 1. The molecule has 5 atom stereocenters. The molecule has 9 heteroatoms. The van der Waals surface area contributed by atoms with Crippen LogP contribution in [0, 0.1) is 11.8 Å². The van der Waals surface area contributed by atoms with Gasteiger partial charge in [0, 0.05) is 17.7 Å². The van der Waals surface area contributed by atoms with Crippen LogP contribution in [0.5, 0.6) is 0 Å². The number of carbonyl (C=O) groups excluding carboxylic acids is 1. The maximum absolute atomic E-state index is 12.1. The Hall–Kier alpha value is -1.09. The second kappa shape index (κ2) is 6.26. The molecule has 0 spiro atoms. The van der Waals surface area contributed by atoms with Gasteiger partial charge < -0.3 is 10.0 Å². The van der Waals surface area contributed by atoms with Gasteiger partial charge in [0.05, 0.1) is 24.0 Å². The summed E-state index contributed by atoms with van der Waals surface area (Å²) in [6, 6.07) is 0.186. The molecule has 25 heavy (non-hydrogen) atoms. The average Bonchev–Trinajstić information content (AvgIpc) is 3.24. The molecule has 138 valence electrons. The van der Waals surface area contributed by atoms with Crippen LogP contribution in [0.15, 0.2) is 4.99 Å². The van der Waals surface area contributed by atoms with Crippen LogP contribution >= 0.6 is 11.8 Å². The lowest BCUT2D eigenvalue weighted by Crippen LogP contribution is -2.47. The van der Waals surface area contributed by atoms with Crippen LogP contribution in [0.1, 0.15) is 38.5 Å². The van der Waals surface area contributed by atoms with E-state index in [1.807, 2.05) is 0 Å². The number of amidine groups is 1. The first-order valence-corrected chi connectivity index (χ1v) is 11.5. The zero-order valence-corrected chi connectivity index (χ0v) is 15.5. The predicted molar refractivity (Wildman–Crippen MR) is 94.2 cm³/mol. The number of hydrogen-bond acceptors (Lipinski definition) is 5. The van der Waals surface area contributed by atoms with E-state index in [9.17, 15) is 18.0 Å². The van der Waals surface area contributed by atoms with Crippen LogP contribution in [0.3, 0.4) is 0 Å². The maximum Gasteiger partial charge on any atom is 0.303 e. The van der Waals surface area contributed by atoms with E-state index in [4.69, 9.17) is 5.11 Å². The molecule has 0 aromatic rings. The third kappa shape index (κ3) is 3.32. The highest BCUT2D eigenvalue weighted by molar-refractivity contribution is 8.15. The third-order valence-electron chi connectivity index (χ3n) is 5.94. The average molecular weight is 386 g/mol. The minimum absolute atomic E-state index is 0.0600. The summed E-state index contributed by atoms with van der Waals surface area (Å²) in [5, 5.41) is 9.29. The highest BCUT2D eigenvalue weighted by Crippen LogP contribution is 2.51. The molecule has 4 rings (SSSR count). The van der Waals surface area contributed by atoms with Crippen molar-refractivity contribution < 1.29 is 23.1 Å². The number of thioether (sulfide) groups is 1. The minimum atomic E-state index is -3.03. The van der Waals surface area contributed by atoms with Gasteiger partial charge in [0.2, 0.25) is 5.91 Å². The fourth-order valence-corrected chi connectivity index (χ4v) is 8.90. The molecular formula is C16H22N2O5S2. The number of aliphatic imine (C=N–C) groups is 1. The largest absolute Gasteiger partial charge is 0.481 e. The number of nitrogens with zero attached hydrogens (tertiary/aromatic N) is 2. The monoisotopic (exact) mass is 386 g/mol. The van der Waals surface area contributed by atoms with E-state index in [-0.39, 0.29) is 41.7 Å². The first kappa shape index (κ1) is 17.3. The van der Waals surface area contributed by atoms with E-state index in [2.05, 4.69) is 9.89 Å². The van der Waals surface area contributed by atoms with E-state index in [1.54, 1.807) is 0 Å². The molecular weight excluding hydrogens is 364 g/mol. The van der Waals surface area contributed by atoms with E-state index in [1.165, 1.54) is 31.0 Å². The first-order chi connectivity index (χ1) is 11.8. The number of carboxylic acids is 1. The lowest BCUT2D eigenvalue weighted by atomic mass is 9.93. The van der Waals surface area contributed by atoms with E-state index in [0.29, 0.717) is 17.0 Å². The van der Waals surface area contributed by atoms with E-state index in [0.717, 1.165) is 6.42 Å². The topological polar surface area (TPSA) is 104 Å². The van der Waals surface area contributed by atoms with Crippen LogP contribution in [0.4, 0.5) is 0 Å². The van der Waals surface area contributed by atoms with E-state index < -0.39 is 21.7 Å². The van der Waals surface area contributed by atoms with Gasteiger partial charge in [-0.3, -0.25) is 9.59 Å². The number of rotatable bonds is 4. The standard InChI is InChI=1S/C16H22N2O5S2/c19-14(3-4-15(20)21)17-16-18(11-6-9-1-2-10(11)5-9)12-7-25(22,23)8-13(12)24-16/h9-13H,1-8H2,(H,20,21)/t9-,10-,11+,12+,13+/m0/s1. The molecule has 2 saturated carbocycles. The van der Waals surface area contributed by atoms with Crippen molar-refractivity contribution in [3.05, 3.63) is 0 Å². The summed E-state index contributed by atoms with van der Waals surface area (Å²) < 4.78 is 24.1. The quantitative estimate of drug-likeness (QED) is 0.772. The van der Waals surface area contributed by atoms with Crippen molar-refractivity contribution in [3.8, 4) is 0 Å². The molecule has 1 amide bonds. The first-order valence-electron chi connectivity index (χ1n) is 8.81. The molecule has 0 aromatic carbocycles. The van der Waals surface area contributed by atoms with Crippen molar-refractivity contribution in [1.82, 2.24) is 4.90 Å². The lowest BCUT2D eigenvalue weighted by Gasteiger charge is -2.36. The number of carbonyl (C=O) groups is 2. The minimum Gasteiger partial charge on any atom is -0.481 e. The molecule has 2 heterocycles. The number of amides is 1. The summed E-state index contributed by atoms with van der Waals surface area (Å²) in [5.74, 6) is 0.109. The van der Waals surface area contributed by atoms with Crippen LogP contribution in [-0.4, -0.2) is 64.3 Å². The molecule has 2 aliphatic heterocycles. The van der Waals surface area contributed by atoms with Gasteiger partial charge in [-0.25, -0.2) is 8.42 Å². The normalized spacial score (nSPS) is 39.9. The zero-order chi connectivity index (χ0) is 17.8. The molecule has 4 aliphatic rings. The highest BCUT2D eigenvalue weighted by Gasteiger charge is 2.54. The Labute approximate surface area is 151 Å². The van der Waals surface area contributed by atoms with Crippen molar-refractivity contribution in [2.24, 2.45) is 16.8 Å². The maximum atomic E-state index is 12.1. The van der Waals surface area contributed by atoms with Gasteiger partial charge in [0.15, 0.2) is 15.0 Å².